The number of nitrogens with zero attached hydrogens (tertiary/aromatic N) is 1. The molecule has 0 unspecified atom stereocenters. The number of nitrogens with one attached hydrogen (secondary N) is 1. The molecule has 1 aromatic rings. The number of rotatable bonds is 2. The average molecular weight is 216 g/mol. The van der Waals surface area contributed by atoms with Crippen molar-refractivity contribution >= 4 is 5.84 Å². The van der Waals surface area contributed by atoms with Gasteiger partial charge in [-0.15, -0.1) is 0 Å². The Hall–Kier alpha value is -1.31. The van der Waals surface area contributed by atoms with Crippen molar-refractivity contribution in [1.82, 2.24) is 4.90 Å². The topological polar surface area (TPSA) is 27.1 Å². The Bertz CT molecular complexity index is 369. The van der Waals surface area contributed by atoms with Crippen molar-refractivity contribution in [3.8, 4) is 0 Å². The zero-order chi connectivity index (χ0) is 11.5. The molecule has 1 heterocycles. The van der Waals surface area contributed by atoms with Crippen LogP contribution in [0.5, 0.6) is 0 Å². The fraction of sp³-hybridized carbons (Fsp3) is 0.500. The lowest BCUT2D eigenvalue weighted by atomic mass is 10.0. The van der Waals surface area contributed by atoms with Gasteiger partial charge in [-0.1, -0.05) is 29.3 Å². The third-order valence-electron chi connectivity index (χ3n) is 3.14. The molecule has 2 rings (SSSR count). The Morgan fingerprint density at radius 1 is 1.12 bits per heavy atom. The summed E-state index contributed by atoms with van der Waals surface area (Å²) in [6.07, 6.45) is 3.27. The van der Waals surface area contributed by atoms with E-state index in [4.69, 9.17) is 5.41 Å². The molecule has 0 saturated carbocycles. The van der Waals surface area contributed by atoms with E-state index < -0.39 is 0 Å². The maximum Gasteiger partial charge on any atom is 0.100 e. The summed E-state index contributed by atoms with van der Waals surface area (Å²) in [7, 11) is 0. The Morgan fingerprint density at radius 3 is 2.25 bits per heavy atom. The lowest BCUT2D eigenvalue weighted by molar-refractivity contribution is 0.506. The van der Waals surface area contributed by atoms with Crippen molar-refractivity contribution in [1.29, 1.82) is 5.41 Å². The Kier molecular flexibility index (Phi) is 3.28. The van der Waals surface area contributed by atoms with Crippen LogP contribution in [0.25, 0.3) is 0 Å². The Balaban J connectivity index is 2.05. The maximum absolute atomic E-state index is 8.09. The van der Waals surface area contributed by atoms with E-state index in [2.05, 4.69) is 36.9 Å². The molecule has 0 radical (unpaired) electrons. The summed E-state index contributed by atoms with van der Waals surface area (Å²) in [5.74, 6) is 0.780. The highest BCUT2D eigenvalue weighted by atomic mass is 15.2. The van der Waals surface area contributed by atoms with Gasteiger partial charge in [0.05, 0.1) is 0 Å². The molecule has 1 fully saturated rings. The molecule has 16 heavy (non-hydrogen) atoms. The van der Waals surface area contributed by atoms with Gasteiger partial charge in [-0.2, -0.15) is 0 Å². The minimum Gasteiger partial charge on any atom is -0.360 e. The van der Waals surface area contributed by atoms with E-state index in [-0.39, 0.29) is 0 Å². The quantitative estimate of drug-likeness (QED) is 0.597. The molecule has 0 amide bonds. The average Bonchev–Trinajstić information content (AvgIpc) is 2.68. The number of hydrogen-bond donors (Lipinski definition) is 1. The van der Waals surface area contributed by atoms with Gasteiger partial charge in [-0.25, -0.2) is 0 Å². The molecular weight excluding hydrogens is 196 g/mol. The minimum absolute atomic E-state index is 0.780. The van der Waals surface area contributed by atoms with Gasteiger partial charge in [0.1, 0.15) is 5.84 Å². The number of amidine groups is 1. The van der Waals surface area contributed by atoms with Crippen molar-refractivity contribution < 1.29 is 0 Å². The van der Waals surface area contributed by atoms with Gasteiger partial charge in [0.15, 0.2) is 0 Å². The summed E-state index contributed by atoms with van der Waals surface area (Å²) >= 11 is 0. The van der Waals surface area contributed by atoms with Crippen LogP contribution in [-0.4, -0.2) is 23.8 Å². The molecule has 1 saturated heterocycles. The van der Waals surface area contributed by atoms with Gasteiger partial charge in [0, 0.05) is 19.5 Å². The number of aryl methyl sites for hydroxylation is 2. The second-order valence-electron chi connectivity index (χ2n) is 4.81. The maximum atomic E-state index is 8.09. The first kappa shape index (κ1) is 11.2. The third kappa shape index (κ3) is 2.63. The number of benzene rings is 1. The van der Waals surface area contributed by atoms with E-state index in [9.17, 15) is 0 Å². The van der Waals surface area contributed by atoms with Crippen LogP contribution in [0.2, 0.25) is 0 Å². The third-order valence-corrected chi connectivity index (χ3v) is 3.14. The van der Waals surface area contributed by atoms with Gasteiger partial charge >= 0.3 is 0 Å². The van der Waals surface area contributed by atoms with Crippen LogP contribution in [0, 0.1) is 19.3 Å². The Labute approximate surface area is 97.8 Å². The summed E-state index contributed by atoms with van der Waals surface area (Å²) in [6, 6.07) is 6.57. The fourth-order valence-electron chi connectivity index (χ4n) is 2.46. The van der Waals surface area contributed by atoms with Crippen molar-refractivity contribution in [3.05, 3.63) is 34.9 Å². The largest absolute Gasteiger partial charge is 0.360 e. The summed E-state index contributed by atoms with van der Waals surface area (Å²) in [4.78, 5) is 2.21. The monoisotopic (exact) mass is 216 g/mol. The first-order chi connectivity index (χ1) is 7.65. The molecule has 1 aliphatic rings. The lowest BCUT2D eigenvalue weighted by Crippen LogP contribution is -2.28. The summed E-state index contributed by atoms with van der Waals surface area (Å²) in [5.41, 5.74) is 3.86. The van der Waals surface area contributed by atoms with E-state index >= 15 is 0 Å². The lowest BCUT2D eigenvalue weighted by Gasteiger charge is -2.18. The van der Waals surface area contributed by atoms with Gasteiger partial charge < -0.3 is 4.90 Å². The molecule has 0 aromatic heterocycles. The molecule has 2 nitrogen and oxygen atoms in total. The normalized spacial score (nSPS) is 15.5. The molecule has 0 bridgehead atoms. The van der Waals surface area contributed by atoms with Crippen LogP contribution in [0.15, 0.2) is 18.2 Å². The summed E-state index contributed by atoms with van der Waals surface area (Å²) in [6.45, 7) is 6.39. The first-order valence-electron chi connectivity index (χ1n) is 6.05. The van der Waals surface area contributed by atoms with E-state index in [1.165, 1.54) is 29.5 Å². The highest BCUT2D eigenvalue weighted by Gasteiger charge is 2.14. The molecule has 1 N–H and O–H groups in total. The number of likely N-dealkylation sites (tertiary alicyclic amines) is 1. The number of hydrogen-bond acceptors (Lipinski definition) is 1. The fourth-order valence-corrected chi connectivity index (χ4v) is 2.46. The highest BCUT2D eigenvalue weighted by Crippen LogP contribution is 2.13. The molecule has 86 valence electrons. The standard InChI is InChI=1S/C14H20N2/c1-11-7-12(2)9-13(8-11)10-14(15)16-5-3-4-6-16/h7-9,15H,3-6,10H2,1-2H3. The van der Waals surface area contributed by atoms with Crippen LogP contribution in [-0.2, 0) is 6.42 Å². The van der Waals surface area contributed by atoms with Gasteiger partial charge in [0.2, 0.25) is 0 Å². The van der Waals surface area contributed by atoms with Crippen LogP contribution in [0.3, 0.4) is 0 Å². The van der Waals surface area contributed by atoms with E-state index in [1.807, 2.05) is 0 Å². The first-order valence-corrected chi connectivity index (χ1v) is 6.05. The zero-order valence-corrected chi connectivity index (χ0v) is 10.2. The highest BCUT2D eigenvalue weighted by molar-refractivity contribution is 5.81. The van der Waals surface area contributed by atoms with Crippen molar-refractivity contribution in [2.45, 2.75) is 33.1 Å². The molecule has 2 heteroatoms. The van der Waals surface area contributed by atoms with Crippen LogP contribution >= 0.6 is 0 Å². The van der Waals surface area contributed by atoms with Crippen molar-refractivity contribution in [2.75, 3.05) is 13.1 Å². The molecule has 1 aliphatic heterocycles. The molecule has 1 aromatic carbocycles. The summed E-state index contributed by atoms with van der Waals surface area (Å²) < 4.78 is 0. The van der Waals surface area contributed by atoms with Gasteiger partial charge in [-0.3, -0.25) is 5.41 Å². The molecule has 0 aliphatic carbocycles. The second kappa shape index (κ2) is 4.69. The molecule has 0 spiro atoms. The predicted molar refractivity (Wildman–Crippen MR) is 68.2 cm³/mol. The Morgan fingerprint density at radius 2 is 1.69 bits per heavy atom. The van der Waals surface area contributed by atoms with Gasteiger partial charge in [-0.05, 0) is 32.3 Å². The van der Waals surface area contributed by atoms with Crippen molar-refractivity contribution in [3.63, 3.8) is 0 Å². The molecular formula is C14H20N2. The SMILES string of the molecule is Cc1cc(C)cc(CC(=N)N2CCCC2)c1. The second-order valence-corrected chi connectivity index (χ2v) is 4.81. The predicted octanol–water partition coefficient (Wildman–Crippen LogP) is 2.92. The molecule has 0 atom stereocenters. The van der Waals surface area contributed by atoms with Gasteiger partial charge in [0.25, 0.3) is 0 Å². The van der Waals surface area contributed by atoms with E-state index in [1.54, 1.807) is 0 Å². The van der Waals surface area contributed by atoms with E-state index in [0.29, 0.717) is 0 Å². The van der Waals surface area contributed by atoms with Crippen LogP contribution < -0.4 is 0 Å². The minimum atomic E-state index is 0.780. The van der Waals surface area contributed by atoms with E-state index in [0.717, 1.165) is 25.3 Å². The van der Waals surface area contributed by atoms with Crippen molar-refractivity contribution in [2.24, 2.45) is 0 Å². The summed E-state index contributed by atoms with van der Waals surface area (Å²) in [5, 5.41) is 8.09. The van der Waals surface area contributed by atoms with Crippen LogP contribution in [0.1, 0.15) is 29.5 Å². The smallest absolute Gasteiger partial charge is 0.100 e. The van der Waals surface area contributed by atoms with Crippen LogP contribution in [0.4, 0.5) is 0 Å². The zero-order valence-electron chi connectivity index (χ0n) is 10.2.